The van der Waals surface area contributed by atoms with Gasteiger partial charge in [-0.1, -0.05) is 0 Å². The summed E-state index contributed by atoms with van der Waals surface area (Å²) in [5.74, 6) is 0. The summed E-state index contributed by atoms with van der Waals surface area (Å²) >= 11 is 0. The van der Waals surface area contributed by atoms with E-state index in [1.807, 2.05) is 0 Å². The van der Waals surface area contributed by atoms with Gasteiger partial charge in [-0.15, -0.1) is 0 Å². The number of nitrogens with one attached hydrogen (secondary N) is 1. The zero-order valence-electron chi connectivity index (χ0n) is 7.77. The lowest BCUT2D eigenvalue weighted by Crippen LogP contribution is -2.53. The summed E-state index contributed by atoms with van der Waals surface area (Å²) in [4.78, 5) is 0. The van der Waals surface area contributed by atoms with Crippen LogP contribution in [-0.4, -0.2) is 57.3 Å². The van der Waals surface area contributed by atoms with Gasteiger partial charge >= 0.3 is 0 Å². The molecular weight excluding hydrogens is 208 g/mol. The number of rotatable bonds is 3. The van der Waals surface area contributed by atoms with E-state index in [2.05, 4.69) is 4.72 Å². The third kappa shape index (κ3) is 1.66. The highest BCUT2D eigenvalue weighted by Gasteiger charge is 2.43. The Balaban J connectivity index is 2.03. The van der Waals surface area contributed by atoms with Crippen LogP contribution in [0.3, 0.4) is 0 Å². The average Bonchev–Trinajstić information content (AvgIpc) is 2.38. The molecule has 0 spiro atoms. The van der Waals surface area contributed by atoms with Crippen molar-refractivity contribution in [3.8, 4) is 0 Å². The maximum Gasteiger partial charge on any atom is 0.279 e. The van der Waals surface area contributed by atoms with Gasteiger partial charge in [0.05, 0.1) is 25.2 Å². The quantitative estimate of drug-likeness (QED) is 0.587. The van der Waals surface area contributed by atoms with E-state index in [4.69, 9.17) is 9.84 Å². The van der Waals surface area contributed by atoms with Crippen molar-refractivity contribution < 1.29 is 18.3 Å². The molecule has 2 fully saturated rings. The molecule has 2 saturated heterocycles. The predicted octanol–water partition coefficient (Wildman–Crippen LogP) is -1.85. The lowest BCUT2D eigenvalue weighted by atomic mass is 9.87. The first-order valence-electron chi connectivity index (χ1n) is 4.51. The molecule has 82 valence electrons. The molecule has 0 aliphatic carbocycles. The van der Waals surface area contributed by atoms with Gasteiger partial charge in [-0.2, -0.15) is 12.7 Å². The molecule has 0 aromatic carbocycles. The van der Waals surface area contributed by atoms with Crippen LogP contribution in [0.4, 0.5) is 0 Å². The maximum absolute atomic E-state index is 11.4. The Morgan fingerprint density at radius 1 is 1.50 bits per heavy atom. The molecule has 2 heterocycles. The molecule has 0 amide bonds. The van der Waals surface area contributed by atoms with Crippen molar-refractivity contribution in [1.82, 2.24) is 9.03 Å². The first-order chi connectivity index (χ1) is 6.58. The molecule has 0 aromatic rings. The van der Waals surface area contributed by atoms with E-state index < -0.39 is 10.2 Å². The molecule has 2 aliphatic heterocycles. The van der Waals surface area contributed by atoms with Crippen LogP contribution in [0.15, 0.2) is 0 Å². The standard InChI is InChI=1S/C7H14N2O4S/c10-4-7(5-13-6-7)3-9-2-1-8-14(9,11)12/h8,10H,1-6H2. The number of aliphatic hydroxyl groups excluding tert-OH is 1. The first kappa shape index (κ1) is 10.3. The Morgan fingerprint density at radius 3 is 2.57 bits per heavy atom. The summed E-state index contributed by atoms with van der Waals surface area (Å²) in [7, 11) is -3.29. The maximum atomic E-state index is 11.4. The normalized spacial score (nSPS) is 30.1. The molecule has 2 N–H and O–H groups in total. The molecule has 6 nitrogen and oxygen atoms in total. The molecular formula is C7H14N2O4S. The minimum atomic E-state index is -3.29. The van der Waals surface area contributed by atoms with E-state index >= 15 is 0 Å². The zero-order chi connectivity index (χ0) is 10.2. The van der Waals surface area contributed by atoms with Crippen molar-refractivity contribution in [2.75, 3.05) is 39.5 Å². The third-order valence-corrected chi connectivity index (χ3v) is 4.21. The van der Waals surface area contributed by atoms with Gasteiger partial charge in [-0.3, -0.25) is 0 Å². The van der Waals surface area contributed by atoms with Crippen LogP contribution in [0, 0.1) is 5.41 Å². The minimum absolute atomic E-state index is 0.0288. The van der Waals surface area contributed by atoms with E-state index in [1.165, 1.54) is 4.31 Å². The molecule has 7 heteroatoms. The van der Waals surface area contributed by atoms with Crippen LogP contribution in [0.1, 0.15) is 0 Å². The van der Waals surface area contributed by atoms with Crippen molar-refractivity contribution in [2.45, 2.75) is 0 Å². The van der Waals surface area contributed by atoms with Crippen molar-refractivity contribution >= 4 is 10.2 Å². The summed E-state index contributed by atoms with van der Waals surface area (Å²) in [5, 5.41) is 9.15. The van der Waals surface area contributed by atoms with Gasteiger partial charge in [0.1, 0.15) is 0 Å². The highest BCUT2D eigenvalue weighted by atomic mass is 32.2. The molecule has 0 unspecified atom stereocenters. The van der Waals surface area contributed by atoms with Crippen molar-refractivity contribution in [3.63, 3.8) is 0 Å². The van der Waals surface area contributed by atoms with E-state index in [0.717, 1.165) is 0 Å². The van der Waals surface area contributed by atoms with Crippen molar-refractivity contribution in [1.29, 1.82) is 0 Å². The highest BCUT2D eigenvalue weighted by molar-refractivity contribution is 7.87. The van der Waals surface area contributed by atoms with Crippen LogP contribution in [0.2, 0.25) is 0 Å². The second-order valence-corrected chi connectivity index (χ2v) is 5.64. The smallest absolute Gasteiger partial charge is 0.279 e. The molecule has 0 aromatic heterocycles. The fourth-order valence-corrected chi connectivity index (χ4v) is 2.98. The van der Waals surface area contributed by atoms with E-state index in [9.17, 15) is 8.42 Å². The minimum Gasteiger partial charge on any atom is -0.396 e. The summed E-state index contributed by atoms with van der Waals surface area (Å²) in [5.41, 5.74) is -0.376. The average molecular weight is 222 g/mol. The lowest BCUT2D eigenvalue weighted by molar-refractivity contribution is -0.141. The molecule has 0 saturated carbocycles. The number of hydrogen-bond acceptors (Lipinski definition) is 4. The van der Waals surface area contributed by atoms with Gasteiger partial charge in [0.2, 0.25) is 0 Å². The molecule has 2 rings (SSSR count). The van der Waals surface area contributed by atoms with Gasteiger partial charge in [-0.25, -0.2) is 4.72 Å². The Hall–Kier alpha value is -0.210. The Bertz CT molecular complexity index is 306. The Kier molecular flexibility index (Phi) is 2.52. The SMILES string of the molecule is O=S1(=O)NCCN1CC1(CO)COC1. The fraction of sp³-hybridized carbons (Fsp3) is 1.00. The topological polar surface area (TPSA) is 78.9 Å². The number of hydrogen-bond donors (Lipinski definition) is 2. The van der Waals surface area contributed by atoms with E-state index in [0.29, 0.717) is 32.8 Å². The van der Waals surface area contributed by atoms with Gasteiger partial charge in [0.25, 0.3) is 10.2 Å². The first-order valence-corrected chi connectivity index (χ1v) is 5.95. The molecule has 2 aliphatic rings. The van der Waals surface area contributed by atoms with Crippen LogP contribution in [0.25, 0.3) is 0 Å². The van der Waals surface area contributed by atoms with Gasteiger partial charge < -0.3 is 9.84 Å². The molecule has 0 bridgehead atoms. The summed E-state index contributed by atoms with van der Waals surface area (Å²) < 4.78 is 31.6. The lowest BCUT2D eigenvalue weighted by Gasteiger charge is -2.41. The van der Waals surface area contributed by atoms with Gasteiger partial charge in [0.15, 0.2) is 0 Å². The third-order valence-electron chi connectivity index (χ3n) is 2.65. The van der Waals surface area contributed by atoms with Gasteiger partial charge in [-0.05, 0) is 0 Å². The van der Waals surface area contributed by atoms with Crippen LogP contribution in [-0.2, 0) is 14.9 Å². The molecule has 0 radical (unpaired) electrons. The Morgan fingerprint density at radius 2 is 2.21 bits per heavy atom. The predicted molar refractivity (Wildman–Crippen MR) is 48.8 cm³/mol. The van der Waals surface area contributed by atoms with Crippen LogP contribution >= 0.6 is 0 Å². The second kappa shape index (κ2) is 3.42. The monoisotopic (exact) mass is 222 g/mol. The fourth-order valence-electron chi connectivity index (χ4n) is 1.67. The Labute approximate surface area is 83.0 Å². The number of ether oxygens (including phenoxy) is 1. The number of aliphatic hydroxyl groups is 1. The summed E-state index contributed by atoms with van der Waals surface area (Å²) in [6.07, 6.45) is 0. The largest absolute Gasteiger partial charge is 0.396 e. The number of nitrogens with zero attached hydrogens (tertiary/aromatic N) is 1. The van der Waals surface area contributed by atoms with Crippen LogP contribution < -0.4 is 4.72 Å². The van der Waals surface area contributed by atoms with E-state index in [1.54, 1.807) is 0 Å². The van der Waals surface area contributed by atoms with Crippen molar-refractivity contribution in [3.05, 3.63) is 0 Å². The molecule has 14 heavy (non-hydrogen) atoms. The molecule has 0 atom stereocenters. The zero-order valence-corrected chi connectivity index (χ0v) is 8.59. The summed E-state index contributed by atoms with van der Waals surface area (Å²) in [6.45, 7) is 2.12. The van der Waals surface area contributed by atoms with Crippen LogP contribution in [0.5, 0.6) is 0 Å². The van der Waals surface area contributed by atoms with Gasteiger partial charge in [0, 0.05) is 19.6 Å². The van der Waals surface area contributed by atoms with Crippen molar-refractivity contribution in [2.24, 2.45) is 5.41 Å². The summed E-state index contributed by atoms with van der Waals surface area (Å²) in [6, 6.07) is 0. The van der Waals surface area contributed by atoms with E-state index in [-0.39, 0.29) is 12.0 Å². The second-order valence-electron chi connectivity index (χ2n) is 3.88. The highest BCUT2D eigenvalue weighted by Crippen LogP contribution is 2.29.